The van der Waals surface area contributed by atoms with Crippen LogP contribution in [-0.4, -0.2) is 85.8 Å². The van der Waals surface area contributed by atoms with Crippen LogP contribution in [0.3, 0.4) is 0 Å². The number of carboxylic acids is 1. The van der Waals surface area contributed by atoms with Gasteiger partial charge in [-0.05, 0) is 19.3 Å². The summed E-state index contributed by atoms with van der Waals surface area (Å²) in [5.74, 6) is -0.831. The molecule has 2 aliphatic rings. The Balaban J connectivity index is 1.79. The standard InChI is InChI=1S/C14H25NO7S/c16-6-9-11(19)12(20)13(21)14(22-9)23-8-2-1-7(5-8)15-4-3-10(17)18/h7-9,11-16,19-21H,1-6H2,(H,17,18)/t7?,8?,9?,11-,12?,13?,14-/m0/s1. The highest BCUT2D eigenvalue weighted by atomic mass is 32.2. The second-order valence-corrected chi connectivity index (χ2v) is 7.47. The van der Waals surface area contributed by atoms with Gasteiger partial charge in [0.05, 0.1) is 13.0 Å². The summed E-state index contributed by atoms with van der Waals surface area (Å²) in [4.78, 5) is 10.5. The predicted molar refractivity (Wildman–Crippen MR) is 83.0 cm³/mol. The molecule has 1 saturated heterocycles. The fraction of sp³-hybridized carbons (Fsp3) is 0.929. The van der Waals surface area contributed by atoms with Crippen molar-refractivity contribution in [2.75, 3.05) is 13.2 Å². The molecule has 1 heterocycles. The van der Waals surface area contributed by atoms with E-state index in [1.807, 2.05) is 0 Å². The van der Waals surface area contributed by atoms with E-state index in [2.05, 4.69) is 5.32 Å². The van der Waals surface area contributed by atoms with Crippen molar-refractivity contribution in [1.29, 1.82) is 0 Å². The molecule has 0 bridgehead atoms. The maximum Gasteiger partial charge on any atom is 0.304 e. The van der Waals surface area contributed by atoms with Crippen LogP contribution in [0.25, 0.3) is 0 Å². The zero-order valence-corrected chi connectivity index (χ0v) is 13.6. The van der Waals surface area contributed by atoms with E-state index in [1.54, 1.807) is 0 Å². The topological polar surface area (TPSA) is 139 Å². The van der Waals surface area contributed by atoms with E-state index in [1.165, 1.54) is 11.8 Å². The highest BCUT2D eigenvalue weighted by Crippen LogP contribution is 2.37. The molecule has 0 aromatic heterocycles. The van der Waals surface area contributed by atoms with Gasteiger partial charge in [0.25, 0.3) is 0 Å². The van der Waals surface area contributed by atoms with Crippen LogP contribution in [0.1, 0.15) is 25.7 Å². The molecule has 8 nitrogen and oxygen atoms in total. The van der Waals surface area contributed by atoms with E-state index in [0.29, 0.717) is 6.54 Å². The van der Waals surface area contributed by atoms with Crippen LogP contribution in [-0.2, 0) is 9.53 Å². The summed E-state index contributed by atoms with van der Waals surface area (Å²) in [7, 11) is 0. The number of rotatable bonds is 7. The minimum absolute atomic E-state index is 0.0843. The van der Waals surface area contributed by atoms with Gasteiger partial charge in [-0.15, -0.1) is 11.8 Å². The van der Waals surface area contributed by atoms with E-state index >= 15 is 0 Å². The third-order valence-corrected chi connectivity index (χ3v) is 5.80. The Kier molecular flexibility index (Phi) is 7.08. The van der Waals surface area contributed by atoms with Crippen LogP contribution in [0.4, 0.5) is 0 Å². The number of hydrogen-bond acceptors (Lipinski definition) is 8. The molecule has 0 aromatic rings. The summed E-state index contributed by atoms with van der Waals surface area (Å²) in [6, 6.07) is 0.233. The van der Waals surface area contributed by atoms with Gasteiger partial charge in [0.15, 0.2) is 0 Å². The molecule has 23 heavy (non-hydrogen) atoms. The van der Waals surface area contributed by atoms with E-state index in [4.69, 9.17) is 9.84 Å². The van der Waals surface area contributed by atoms with Crippen molar-refractivity contribution in [3.8, 4) is 0 Å². The van der Waals surface area contributed by atoms with Gasteiger partial charge in [0, 0.05) is 17.8 Å². The Bertz CT molecular complexity index is 397. The van der Waals surface area contributed by atoms with Crippen molar-refractivity contribution in [3.05, 3.63) is 0 Å². The summed E-state index contributed by atoms with van der Waals surface area (Å²) in [5.41, 5.74) is -0.701. The first-order chi connectivity index (χ1) is 10.9. The molecular formula is C14H25NO7S. The van der Waals surface area contributed by atoms with Crippen LogP contribution in [0.5, 0.6) is 0 Å². The van der Waals surface area contributed by atoms with Crippen molar-refractivity contribution in [3.63, 3.8) is 0 Å². The quantitative estimate of drug-likeness (QED) is 0.323. The maximum absolute atomic E-state index is 10.5. The Morgan fingerprint density at radius 2 is 1.91 bits per heavy atom. The fourth-order valence-corrected chi connectivity index (χ4v) is 4.53. The van der Waals surface area contributed by atoms with Crippen molar-refractivity contribution < 1.29 is 35.1 Å². The highest BCUT2D eigenvalue weighted by Gasteiger charge is 2.44. The molecule has 5 unspecified atom stereocenters. The normalized spacial score (nSPS) is 41.1. The van der Waals surface area contributed by atoms with E-state index in [0.717, 1.165) is 19.3 Å². The van der Waals surface area contributed by atoms with Crippen molar-refractivity contribution in [1.82, 2.24) is 5.32 Å². The molecular weight excluding hydrogens is 326 g/mol. The number of aliphatic hydroxyl groups is 4. The first-order valence-electron chi connectivity index (χ1n) is 7.83. The Morgan fingerprint density at radius 1 is 1.17 bits per heavy atom. The van der Waals surface area contributed by atoms with Crippen LogP contribution in [0, 0.1) is 0 Å². The largest absolute Gasteiger partial charge is 0.481 e. The summed E-state index contributed by atoms with van der Waals surface area (Å²) in [6.07, 6.45) is -2.06. The van der Waals surface area contributed by atoms with Gasteiger partial charge in [-0.1, -0.05) is 0 Å². The first-order valence-corrected chi connectivity index (χ1v) is 8.77. The average Bonchev–Trinajstić information content (AvgIpc) is 2.95. The molecule has 2 fully saturated rings. The number of aliphatic hydroxyl groups excluding tert-OH is 4. The van der Waals surface area contributed by atoms with Crippen LogP contribution >= 0.6 is 11.8 Å². The Labute approximate surface area is 138 Å². The Hall–Kier alpha value is -0.420. The van der Waals surface area contributed by atoms with Gasteiger partial charge >= 0.3 is 5.97 Å². The molecule has 0 aromatic carbocycles. The molecule has 1 aliphatic carbocycles. The number of hydrogen-bond donors (Lipinski definition) is 6. The summed E-state index contributed by atoms with van der Waals surface area (Å²) in [6.45, 7) is 0.00345. The van der Waals surface area contributed by atoms with E-state index in [-0.39, 0.29) is 17.7 Å². The molecule has 0 radical (unpaired) electrons. The molecule has 7 atom stereocenters. The monoisotopic (exact) mass is 351 g/mol. The molecule has 0 spiro atoms. The number of aliphatic carboxylic acids is 1. The van der Waals surface area contributed by atoms with Crippen molar-refractivity contribution in [2.24, 2.45) is 0 Å². The average molecular weight is 351 g/mol. The molecule has 2 rings (SSSR count). The lowest BCUT2D eigenvalue weighted by Crippen LogP contribution is -2.57. The third-order valence-electron chi connectivity index (χ3n) is 4.33. The van der Waals surface area contributed by atoms with Gasteiger partial charge in [-0.25, -0.2) is 0 Å². The molecule has 0 amide bonds. The zero-order chi connectivity index (χ0) is 17.0. The van der Waals surface area contributed by atoms with Crippen molar-refractivity contribution in [2.45, 2.75) is 66.8 Å². The maximum atomic E-state index is 10.5. The number of carbonyl (C=O) groups is 1. The third kappa shape index (κ3) is 5.02. The minimum Gasteiger partial charge on any atom is -0.481 e. The molecule has 6 N–H and O–H groups in total. The van der Waals surface area contributed by atoms with E-state index in [9.17, 15) is 25.2 Å². The predicted octanol–water partition coefficient (Wildman–Crippen LogP) is -1.50. The zero-order valence-electron chi connectivity index (χ0n) is 12.7. The van der Waals surface area contributed by atoms with Crippen LogP contribution in [0.2, 0.25) is 0 Å². The Morgan fingerprint density at radius 3 is 2.57 bits per heavy atom. The minimum atomic E-state index is -1.34. The summed E-state index contributed by atoms with van der Waals surface area (Å²) in [5, 5.41) is 50.8. The van der Waals surface area contributed by atoms with Gasteiger partial charge in [0.1, 0.15) is 29.9 Å². The van der Waals surface area contributed by atoms with Gasteiger partial charge in [0.2, 0.25) is 0 Å². The number of thioether (sulfide) groups is 1. The summed E-state index contributed by atoms with van der Waals surface area (Å²) >= 11 is 1.39. The van der Waals surface area contributed by atoms with Crippen molar-refractivity contribution >= 4 is 17.7 Å². The number of carboxylic acid groups (broad SMARTS) is 1. The molecule has 9 heteroatoms. The molecule has 134 valence electrons. The fourth-order valence-electron chi connectivity index (χ4n) is 3.00. The SMILES string of the molecule is O=C(O)CCNC1CCC(S[C@@H]2OC(CO)[C@H](O)C(O)C2O)C1. The van der Waals surface area contributed by atoms with Crippen LogP contribution < -0.4 is 5.32 Å². The molecule has 1 saturated carbocycles. The lowest BCUT2D eigenvalue weighted by atomic mass is 10.0. The lowest BCUT2D eigenvalue weighted by molar-refractivity contribution is -0.205. The first kappa shape index (κ1) is 18.9. The van der Waals surface area contributed by atoms with Crippen LogP contribution in [0.15, 0.2) is 0 Å². The number of ether oxygens (including phenoxy) is 1. The second kappa shape index (κ2) is 8.61. The lowest BCUT2D eigenvalue weighted by Gasteiger charge is -2.40. The molecule has 1 aliphatic heterocycles. The number of nitrogens with one attached hydrogen (secondary N) is 1. The van der Waals surface area contributed by atoms with E-state index < -0.39 is 42.4 Å². The van der Waals surface area contributed by atoms with Gasteiger partial charge in [-0.2, -0.15) is 0 Å². The van der Waals surface area contributed by atoms with Gasteiger partial charge in [-0.3, -0.25) is 4.79 Å². The highest BCUT2D eigenvalue weighted by molar-refractivity contribution is 8.00. The smallest absolute Gasteiger partial charge is 0.304 e. The second-order valence-electron chi connectivity index (χ2n) is 6.06. The summed E-state index contributed by atoms with van der Waals surface area (Å²) < 4.78 is 5.50. The van der Waals surface area contributed by atoms with Gasteiger partial charge < -0.3 is 35.6 Å².